The van der Waals surface area contributed by atoms with Gasteiger partial charge in [0.1, 0.15) is 0 Å². The molecular weight excluding hydrogens is 204 g/mol. The van der Waals surface area contributed by atoms with Crippen LogP contribution in [0.5, 0.6) is 0 Å². The highest BCUT2D eigenvalue weighted by molar-refractivity contribution is 7.99. The number of esters is 1. The summed E-state index contributed by atoms with van der Waals surface area (Å²) in [6.45, 7) is 1.50. The molecule has 0 aliphatic carbocycles. The quantitative estimate of drug-likeness (QED) is 0.714. The number of hydrogen-bond donors (Lipinski definition) is 0. The minimum atomic E-state index is -0.443. The van der Waals surface area contributed by atoms with E-state index >= 15 is 0 Å². The Labute approximate surface area is 85.6 Å². The number of thioether (sulfide) groups is 1. The molecule has 0 N–H and O–H groups in total. The van der Waals surface area contributed by atoms with Gasteiger partial charge in [0.05, 0.1) is 25.6 Å². The molecule has 1 fully saturated rings. The summed E-state index contributed by atoms with van der Waals surface area (Å²) in [5.74, 6) is -0.197. The number of carbonyl (C=O) groups is 1. The van der Waals surface area contributed by atoms with Crippen LogP contribution in [0, 0.1) is 0 Å². The topological polar surface area (TPSA) is 48.7 Å². The molecule has 1 saturated heterocycles. The van der Waals surface area contributed by atoms with Gasteiger partial charge in [0.25, 0.3) is 0 Å². The largest absolute Gasteiger partial charge is 0.463 e. The average molecular weight is 214 g/mol. The molecule has 2 rings (SSSR count). The molecule has 1 aliphatic rings. The highest BCUT2D eigenvalue weighted by Crippen LogP contribution is 2.29. The predicted molar refractivity (Wildman–Crippen MR) is 50.5 cm³/mol. The van der Waals surface area contributed by atoms with Crippen molar-refractivity contribution in [2.24, 2.45) is 0 Å². The Kier molecular flexibility index (Phi) is 2.79. The van der Waals surface area contributed by atoms with Crippen molar-refractivity contribution >= 4 is 17.7 Å². The standard InChI is InChI=1S/C9H10O4S/c1-11-9(10)7-2-3-8(13-7)14-6-4-12-5-6/h2-3,6H,4-5H2,1H3. The second-order valence-electron chi connectivity index (χ2n) is 2.89. The average Bonchev–Trinajstić information content (AvgIpc) is 2.58. The van der Waals surface area contributed by atoms with E-state index in [-0.39, 0.29) is 5.76 Å². The summed E-state index contributed by atoms with van der Waals surface area (Å²) < 4.78 is 14.8. The minimum Gasteiger partial charge on any atom is -0.463 e. The zero-order valence-corrected chi connectivity index (χ0v) is 8.50. The maximum Gasteiger partial charge on any atom is 0.373 e. The van der Waals surface area contributed by atoms with E-state index < -0.39 is 5.97 Å². The van der Waals surface area contributed by atoms with Gasteiger partial charge in [0.15, 0.2) is 5.09 Å². The van der Waals surface area contributed by atoms with Gasteiger partial charge in [-0.15, -0.1) is 0 Å². The van der Waals surface area contributed by atoms with Crippen molar-refractivity contribution in [2.45, 2.75) is 10.3 Å². The first kappa shape index (κ1) is 9.61. The lowest BCUT2D eigenvalue weighted by Gasteiger charge is -2.23. The summed E-state index contributed by atoms with van der Waals surface area (Å²) in [6.07, 6.45) is 0. The van der Waals surface area contributed by atoms with Gasteiger partial charge in [-0.3, -0.25) is 0 Å². The third kappa shape index (κ3) is 1.93. The first-order chi connectivity index (χ1) is 6.79. The van der Waals surface area contributed by atoms with Crippen molar-refractivity contribution < 1.29 is 18.7 Å². The summed E-state index contributed by atoms with van der Waals surface area (Å²) in [5.41, 5.74) is 0. The number of hydrogen-bond acceptors (Lipinski definition) is 5. The Morgan fingerprint density at radius 2 is 2.36 bits per heavy atom. The maximum absolute atomic E-state index is 11.0. The van der Waals surface area contributed by atoms with E-state index in [1.165, 1.54) is 7.11 Å². The highest BCUT2D eigenvalue weighted by Gasteiger charge is 2.22. The van der Waals surface area contributed by atoms with E-state index in [1.807, 2.05) is 0 Å². The van der Waals surface area contributed by atoms with Gasteiger partial charge in [0, 0.05) is 0 Å². The van der Waals surface area contributed by atoms with Crippen LogP contribution in [0.4, 0.5) is 0 Å². The number of carbonyl (C=O) groups excluding carboxylic acids is 1. The lowest BCUT2D eigenvalue weighted by atomic mass is 10.4. The van der Waals surface area contributed by atoms with Crippen molar-refractivity contribution in [2.75, 3.05) is 20.3 Å². The van der Waals surface area contributed by atoms with Crippen molar-refractivity contribution in [3.8, 4) is 0 Å². The van der Waals surface area contributed by atoms with Crippen LogP contribution in [-0.4, -0.2) is 31.5 Å². The fraction of sp³-hybridized carbons (Fsp3) is 0.444. The van der Waals surface area contributed by atoms with E-state index in [9.17, 15) is 4.79 Å². The monoisotopic (exact) mass is 214 g/mol. The zero-order valence-electron chi connectivity index (χ0n) is 7.69. The molecule has 0 unspecified atom stereocenters. The second-order valence-corrected chi connectivity index (χ2v) is 4.19. The Hall–Kier alpha value is -0.940. The number of rotatable bonds is 3. The summed E-state index contributed by atoms with van der Waals surface area (Å²) in [7, 11) is 1.33. The third-order valence-corrected chi connectivity index (χ3v) is 2.92. The van der Waals surface area contributed by atoms with E-state index in [2.05, 4.69) is 4.74 Å². The van der Waals surface area contributed by atoms with Crippen molar-refractivity contribution in [1.29, 1.82) is 0 Å². The van der Waals surface area contributed by atoms with Crippen LogP contribution in [0.15, 0.2) is 21.6 Å². The number of methoxy groups -OCH3 is 1. The maximum atomic E-state index is 11.0. The fourth-order valence-electron chi connectivity index (χ4n) is 1.04. The second kappa shape index (κ2) is 4.06. The summed E-state index contributed by atoms with van der Waals surface area (Å²) >= 11 is 1.58. The van der Waals surface area contributed by atoms with E-state index in [0.29, 0.717) is 5.25 Å². The summed E-state index contributed by atoms with van der Waals surface area (Å²) in [5, 5.41) is 1.19. The molecule has 4 nitrogen and oxygen atoms in total. The van der Waals surface area contributed by atoms with Crippen LogP contribution in [0.1, 0.15) is 10.6 Å². The lowest BCUT2D eigenvalue weighted by molar-refractivity contribution is 0.0451. The van der Waals surface area contributed by atoms with E-state index in [4.69, 9.17) is 9.15 Å². The van der Waals surface area contributed by atoms with Crippen molar-refractivity contribution in [3.63, 3.8) is 0 Å². The lowest BCUT2D eigenvalue weighted by Crippen LogP contribution is -2.29. The van der Waals surface area contributed by atoms with Crippen LogP contribution in [0.3, 0.4) is 0 Å². The molecule has 2 heterocycles. The normalized spacial score (nSPS) is 16.4. The van der Waals surface area contributed by atoms with Gasteiger partial charge in [0.2, 0.25) is 5.76 Å². The molecule has 0 bridgehead atoms. The highest BCUT2D eigenvalue weighted by atomic mass is 32.2. The number of ether oxygens (including phenoxy) is 2. The van der Waals surface area contributed by atoms with Gasteiger partial charge in [-0.05, 0) is 12.1 Å². The Balaban J connectivity index is 1.98. The van der Waals surface area contributed by atoms with Crippen molar-refractivity contribution in [3.05, 3.63) is 17.9 Å². The number of furan rings is 1. The van der Waals surface area contributed by atoms with Crippen LogP contribution in [0.2, 0.25) is 0 Å². The van der Waals surface area contributed by atoms with Crippen LogP contribution >= 0.6 is 11.8 Å². The van der Waals surface area contributed by atoms with Crippen LogP contribution < -0.4 is 0 Å². The molecule has 0 radical (unpaired) electrons. The van der Waals surface area contributed by atoms with Gasteiger partial charge < -0.3 is 13.9 Å². The summed E-state index contributed by atoms with van der Waals surface area (Å²) in [6, 6.07) is 3.39. The molecule has 0 aromatic carbocycles. The zero-order chi connectivity index (χ0) is 9.97. The van der Waals surface area contributed by atoms with E-state index in [1.54, 1.807) is 23.9 Å². The van der Waals surface area contributed by atoms with Crippen molar-refractivity contribution in [1.82, 2.24) is 0 Å². The molecule has 0 atom stereocenters. The Bertz CT molecular complexity index is 329. The first-order valence-corrected chi connectivity index (χ1v) is 5.10. The molecular formula is C9H10O4S. The first-order valence-electron chi connectivity index (χ1n) is 4.22. The molecule has 1 aromatic rings. The molecule has 0 saturated carbocycles. The fourth-order valence-corrected chi connectivity index (χ4v) is 1.98. The SMILES string of the molecule is COC(=O)c1ccc(SC2COC2)o1. The third-order valence-electron chi connectivity index (χ3n) is 1.86. The minimum absolute atomic E-state index is 0.246. The Morgan fingerprint density at radius 1 is 1.57 bits per heavy atom. The molecule has 76 valence electrons. The van der Waals surface area contributed by atoms with Gasteiger partial charge in [-0.25, -0.2) is 4.79 Å². The van der Waals surface area contributed by atoms with Crippen LogP contribution in [0.25, 0.3) is 0 Å². The van der Waals surface area contributed by atoms with Gasteiger partial charge >= 0.3 is 5.97 Å². The van der Waals surface area contributed by atoms with E-state index in [0.717, 1.165) is 18.3 Å². The Morgan fingerprint density at radius 3 is 2.93 bits per heavy atom. The molecule has 0 spiro atoms. The van der Waals surface area contributed by atoms with Gasteiger partial charge in [-0.2, -0.15) is 0 Å². The molecule has 14 heavy (non-hydrogen) atoms. The van der Waals surface area contributed by atoms with Crippen LogP contribution in [-0.2, 0) is 9.47 Å². The summed E-state index contributed by atoms with van der Waals surface area (Å²) in [4.78, 5) is 11.0. The predicted octanol–water partition coefficient (Wildman–Crippen LogP) is 1.56. The molecule has 1 aliphatic heterocycles. The molecule has 1 aromatic heterocycles. The van der Waals surface area contributed by atoms with Gasteiger partial charge in [-0.1, -0.05) is 11.8 Å². The molecule has 5 heteroatoms. The molecule has 0 amide bonds. The smallest absolute Gasteiger partial charge is 0.373 e.